The van der Waals surface area contributed by atoms with Crippen molar-refractivity contribution in [3.8, 4) is 5.69 Å². The summed E-state index contributed by atoms with van der Waals surface area (Å²) in [6, 6.07) is 5.58. The molecule has 17 heavy (non-hydrogen) atoms. The lowest BCUT2D eigenvalue weighted by atomic mass is 10.2. The van der Waals surface area contributed by atoms with Crippen LogP contribution in [0.3, 0.4) is 0 Å². The number of aromatic nitrogens is 3. The van der Waals surface area contributed by atoms with Gasteiger partial charge >= 0.3 is 0 Å². The van der Waals surface area contributed by atoms with Crippen LogP contribution in [0, 0.1) is 0 Å². The van der Waals surface area contributed by atoms with Gasteiger partial charge in [0, 0.05) is 11.1 Å². The maximum atomic E-state index is 8.74. The van der Waals surface area contributed by atoms with Gasteiger partial charge in [-0.25, -0.2) is 4.68 Å². The van der Waals surface area contributed by atoms with Gasteiger partial charge in [-0.15, -0.1) is 5.10 Å². The van der Waals surface area contributed by atoms with Crippen LogP contribution in [-0.2, 0) is 6.42 Å². The first kappa shape index (κ1) is 12.5. The third-order valence-corrected chi connectivity index (χ3v) is 3.08. The van der Waals surface area contributed by atoms with E-state index < -0.39 is 0 Å². The largest absolute Gasteiger partial charge is 0.396 e. The Bertz CT molecular complexity index is 515. The second-order valence-electron chi connectivity index (χ2n) is 3.58. The first-order chi connectivity index (χ1) is 8.20. The van der Waals surface area contributed by atoms with E-state index in [2.05, 4.69) is 26.2 Å². The lowest BCUT2D eigenvalue weighted by molar-refractivity contribution is 0.288. The highest BCUT2D eigenvalue weighted by atomic mass is 79.9. The van der Waals surface area contributed by atoms with Crippen LogP contribution in [0.1, 0.15) is 12.1 Å². The Kier molecular flexibility index (Phi) is 4.15. The van der Waals surface area contributed by atoms with Gasteiger partial charge in [0.2, 0.25) is 0 Å². The Hall–Kier alpha value is -0.910. The smallest absolute Gasteiger partial charge is 0.0850 e. The van der Waals surface area contributed by atoms with E-state index in [4.69, 9.17) is 16.7 Å². The monoisotopic (exact) mass is 315 g/mol. The predicted molar refractivity (Wildman–Crippen MR) is 69.5 cm³/mol. The number of aliphatic hydroxyl groups is 1. The van der Waals surface area contributed by atoms with Crippen molar-refractivity contribution >= 4 is 27.5 Å². The number of aliphatic hydroxyl groups excluding tert-OH is 1. The van der Waals surface area contributed by atoms with Gasteiger partial charge in [0.15, 0.2) is 0 Å². The zero-order valence-electron chi connectivity index (χ0n) is 8.98. The highest BCUT2D eigenvalue weighted by molar-refractivity contribution is 9.10. The van der Waals surface area contributed by atoms with Crippen molar-refractivity contribution in [3.63, 3.8) is 0 Å². The molecule has 2 aromatic rings. The molecule has 0 atom stereocenters. The van der Waals surface area contributed by atoms with Crippen LogP contribution >= 0.6 is 27.5 Å². The Morgan fingerprint density at radius 2 is 2.24 bits per heavy atom. The molecular formula is C11H11BrClN3O. The van der Waals surface area contributed by atoms with Crippen LogP contribution < -0.4 is 0 Å². The highest BCUT2D eigenvalue weighted by Crippen LogP contribution is 2.24. The van der Waals surface area contributed by atoms with Crippen molar-refractivity contribution in [2.24, 2.45) is 0 Å². The summed E-state index contributed by atoms with van der Waals surface area (Å²) < 4.78 is 2.56. The third kappa shape index (κ3) is 3.06. The zero-order chi connectivity index (χ0) is 12.3. The van der Waals surface area contributed by atoms with Gasteiger partial charge in [-0.1, -0.05) is 32.7 Å². The van der Waals surface area contributed by atoms with Crippen molar-refractivity contribution in [2.75, 3.05) is 6.61 Å². The molecule has 0 radical (unpaired) electrons. The summed E-state index contributed by atoms with van der Waals surface area (Å²) in [5.41, 5.74) is 1.63. The van der Waals surface area contributed by atoms with Crippen molar-refractivity contribution < 1.29 is 5.11 Å². The van der Waals surface area contributed by atoms with Crippen molar-refractivity contribution in [3.05, 3.63) is 39.6 Å². The molecule has 1 aromatic heterocycles. The van der Waals surface area contributed by atoms with Crippen LogP contribution in [0.2, 0.25) is 5.02 Å². The van der Waals surface area contributed by atoms with Gasteiger partial charge in [0.05, 0.1) is 22.6 Å². The van der Waals surface area contributed by atoms with Crippen molar-refractivity contribution in [1.82, 2.24) is 15.0 Å². The molecule has 90 valence electrons. The fraction of sp³-hybridized carbons (Fsp3) is 0.273. The lowest BCUT2D eigenvalue weighted by Gasteiger charge is -2.02. The molecule has 0 saturated heterocycles. The Morgan fingerprint density at radius 1 is 1.41 bits per heavy atom. The van der Waals surface area contributed by atoms with E-state index in [1.807, 2.05) is 24.4 Å². The number of nitrogens with zero attached hydrogens (tertiary/aromatic N) is 3. The van der Waals surface area contributed by atoms with Gasteiger partial charge in [-0.05, 0) is 31.0 Å². The van der Waals surface area contributed by atoms with Gasteiger partial charge in [0.25, 0.3) is 0 Å². The van der Waals surface area contributed by atoms with E-state index >= 15 is 0 Å². The molecule has 1 heterocycles. The second kappa shape index (κ2) is 5.62. The minimum atomic E-state index is 0.159. The third-order valence-electron chi connectivity index (χ3n) is 2.29. The topological polar surface area (TPSA) is 50.9 Å². The van der Waals surface area contributed by atoms with E-state index in [1.54, 1.807) is 4.68 Å². The van der Waals surface area contributed by atoms with Crippen LogP contribution in [0.15, 0.2) is 28.9 Å². The summed E-state index contributed by atoms with van der Waals surface area (Å²) in [5, 5.41) is 17.4. The summed E-state index contributed by atoms with van der Waals surface area (Å²) in [4.78, 5) is 0. The molecule has 1 N–H and O–H groups in total. The molecule has 0 saturated carbocycles. The Morgan fingerprint density at radius 3 is 2.94 bits per heavy atom. The molecule has 0 aliphatic carbocycles. The van der Waals surface area contributed by atoms with E-state index in [0.717, 1.165) is 15.9 Å². The van der Waals surface area contributed by atoms with E-state index in [-0.39, 0.29) is 6.61 Å². The quantitative estimate of drug-likeness (QED) is 0.943. The summed E-state index contributed by atoms with van der Waals surface area (Å²) in [5.74, 6) is 0. The maximum Gasteiger partial charge on any atom is 0.0850 e. The SMILES string of the molecule is OCCCc1cn(-c2ccc(Br)cc2Cl)nn1. The molecule has 0 unspecified atom stereocenters. The average molecular weight is 317 g/mol. The molecule has 2 rings (SSSR count). The molecule has 0 fully saturated rings. The number of hydrogen-bond donors (Lipinski definition) is 1. The summed E-state index contributed by atoms with van der Waals surface area (Å²) >= 11 is 9.47. The molecule has 0 spiro atoms. The van der Waals surface area contributed by atoms with Gasteiger partial charge in [-0.2, -0.15) is 0 Å². The first-order valence-corrected chi connectivity index (χ1v) is 6.35. The van der Waals surface area contributed by atoms with Crippen molar-refractivity contribution in [1.29, 1.82) is 0 Å². The Labute approximate surface area is 112 Å². The van der Waals surface area contributed by atoms with E-state index in [0.29, 0.717) is 17.9 Å². The lowest BCUT2D eigenvalue weighted by Crippen LogP contribution is -1.95. The standard InChI is InChI=1S/C11H11BrClN3O/c12-8-3-4-11(10(13)6-8)16-7-9(14-15-16)2-1-5-17/h3-4,6-7,17H,1-2,5H2. The molecular weight excluding hydrogens is 305 g/mol. The first-order valence-electron chi connectivity index (χ1n) is 5.18. The van der Waals surface area contributed by atoms with Gasteiger partial charge < -0.3 is 5.11 Å². The number of halogens is 2. The summed E-state index contributed by atoms with van der Waals surface area (Å²) in [7, 11) is 0. The van der Waals surface area contributed by atoms with E-state index in [9.17, 15) is 0 Å². The number of hydrogen-bond acceptors (Lipinski definition) is 3. The number of aryl methyl sites for hydroxylation is 1. The maximum absolute atomic E-state index is 8.74. The molecule has 1 aromatic carbocycles. The summed E-state index contributed by atoms with van der Waals surface area (Å²) in [6.45, 7) is 0.159. The van der Waals surface area contributed by atoms with Crippen molar-refractivity contribution in [2.45, 2.75) is 12.8 Å². The van der Waals surface area contributed by atoms with Crippen LogP contribution in [0.5, 0.6) is 0 Å². The minimum absolute atomic E-state index is 0.159. The number of rotatable bonds is 4. The molecule has 0 bridgehead atoms. The second-order valence-corrected chi connectivity index (χ2v) is 4.90. The van der Waals surface area contributed by atoms with Crippen LogP contribution in [0.25, 0.3) is 5.69 Å². The molecule has 0 aliphatic heterocycles. The van der Waals surface area contributed by atoms with Crippen LogP contribution in [-0.4, -0.2) is 26.7 Å². The molecule has 0 aliphatic rings. The molecule has 4 nitrogen and oxygen atoms in total. The molecule has 0 amide bonds. The summed E-state index contributed by atoms with van der Waals surface area (Å²) in [6.07, 6.45) is 3.22. The normalized spacial score (nSPS) is 10.8. The van der Waals surface area contributed by atoms with E-state index in [1.165, 1.54) is 0 Å². The fourth-order valence-corrected chi connectivity index (χ4v) is 2.22. The van der Waals surface area contributed by atoms with Crippen LogP contribution in [0.4, 0.5) is 0 Å². The van der Waals surface area contributed by atoms with Gasteiger partial charge in [-0.3, -0.25) is 0 Å². The average Bonchev–Trinajstić information content (AvgIpc) is 2.75. The predicted octanol–water partition coefficient (Wildman–Crippen LogP) is 2.61. The minimum Gasteiger partial charge on any atom is -0.396 e. The Balaban J connectivity index is 2.24. The van der Waals surface area contributed by atoms with Gasteiger partial charge in [0.1, 0.15) is 0 Å². The fourth-order valence-electron chi connectivity index (χ4n) is 1.46. The highest BCUT2D eigenvalue weighted by Gasteiger charge is 2.06. The zero-order valence-corrected chi connectivity index (χ0v) is 11.3. The number of benzene rings is 1. The molecule has 6 heteroatoms.